The van der Waals surface area contributed by atoms with E-state index in [1.807, 2.05) is 0 Å². The topological polar surface area (TPSA) is 63.3 Å². The molecule has 0 saturated carbocycles. The molecule has 0 radical (unpaired) electrons. The Morgan fingerprint density at radius 2 is 1.67 bits per heavy atom. The van der Waals surface area contributed by atoms with Crippen LogP contribution in [-0.2, 0) is 16.6 Å². The van der Waals surface area contributed by atoms with Crippen LogP contribution in [0.15, 0.2) is 24.3 Å². The molecule has 0 spiro atoms. The first-order valence-corrected chi connectivity index (χ1v) is 5.37. The molecule has 0 aromatic heterocycles. The summed E-state index contributed by atoms with van der Waals surface area (Å²) >= 11 is 0. The van der Waals surface area contributed by atoms with Gasteiger partial charge in [0.2, 0.25) is 5.91 Å². The van der Waals surface area contributed by atoms with Crippen LogP contribution in [0.5, 0.6) is 0 Å². The number of hydrogen-bond donors (Lipinski definition) is 2. The number of carbonyl (C=O) groups is 1. The van der Waals surface area contributed by atoms with Gasteiger partial charge in [-0.2, -0.15) is 13.2 Å². The van der Waals surface area contributed by atoms with Gasteiger partial charge in [-0.15, -0.1) is 0 Å². The molecule has 3 nitrogen and oxygen atoms in total. The van der Waals surface area contributed by atoms with Crippen LogP contribution in [0.1, 0.15) is 30.9 Å². The second-order valence-corrected chi connectivity index (χ2v) is 4.10. The zero-order chi connectivity index (χ0) is 14.0. The molecule has 1 aromatic rings. The second-order valence-electron chi connectivity index (χ2n) is 4.10. The lowest BCUT2D eigenvalue weighted by Crippen LogP contribution is -2.31. The van der Waals surface area contributed by atoms with Crippen LogP contribution < -0.4 is 5.73 Å². The number of hydrogen-bond acceptors (Lipinski definition) is 2. The molecule has 0 heterocycles. The molecule has 1 aromatic carbocycles. The Bertz CT molecular complexity index is 428. The summed E-state index contributed by atoms with van der Waals surface area (Å²) in [5, 5.41) is 10.2. The van der Waals surface area contributed by atoms with E-state index in [1.54, 1.807) is 6.92 Å². The largest absolute Gasteiger partial charge is 0.416 e. The summed E-state index contributed by atoms with van der Waals surface area (Å²) < 4.78 is 37.1. The van der Waals surface area contributed by atoms with Gasteiger partial charge in [0.25, 0.3) is 0 Å². The molecule has 1 amide bonds. The summed E-state index contributed by atoms with van der Waals surface area (Å²) in [6.45, 7) is 1.63. The lowest BCUT2D eigenvalue weighted by atomic mass is 9.87. The molecule has 1 unspecified atom stereocenters. The molecule has 18 heavy (non-hydrogen) atoms. The van der Waals surface area contributed by atoms with Crippen molar-refractivity contribution in [3.05, 3.63) is 35.4 Å². The molecule has 0 aliphatic heterocycles. The molecule has 1 atom stereocenters. The summed E-state index contributed by atoms with van der Waals surface area (Å²) in [6, 6.07) is 4.07. The van der Waals surface area contributed by atoms with Gasteiger partial charge in [0.05, 0.1) is 17.6 Å². The highest BCUT2D eigenvalue weighted by Crippen LogP contribution is 2.33. The Labute approximate surface area is 102 Å². The fourth-order valence-corrected chi connectivity index (χ4v) is 1.69. The van der Waals surface area contributed by atoms with E-state index in [0.717, 1.165) is 24.3 Å². The van der Waals surface area contributed by atoms with Crippen LogP contribution in [-0.4, -0.2) is 11.0 Å². The first-order chi connectivity index (χ1) is 8.19. The van der Waals surface area contributed by atoms with E-state index < -0.39 is 23.2 Å². The van der Waals surface area contributed by atoms with Gasteiger partial charge in [0.15, 0.2) is 0 Å². The van der Waals surface area contributed by atoms with Crippen molar-refractivity contribution in [3.8, 4) is 0 Å². The minimum atomic E-state index is -4.42. The van der Waals surface area contributed by atoms with Gasteiger partial charge in [-0.3, -0.25) is 4.79 Å². The van der Waals surface area contributed by atoms with E-state index >= 15 is 0 Å². The average Bonchev–Trinajstić information content (AvgIpc) is 2.27. The van der Waals surface area contributed by atoms with E-state index in [2.05, 4.69) is 0 Å². The van der Waals surface area contributed by atoms with Gasteiger partial charge in [-0.05, 0) is 24.1 Å². The SMILES string of the molecule is CCC(O)(CC(N)=O)c1ccc(C(F)(F)F)cc1. The maximum atomic E-state index is 12.4. The number of halogens is 3. The lowest BCUT2D eigenvalue weighted by Gasteiger charge is -2.26. The van der Waals surface area contributed by atoms with Gasteiger partial charge >= 0.3 is 6.18 Å². The first-order valence-electron chi connectivity index (χ1n) is 5.37. The summed E-state index contributed by atoms with van der Waals surface area (Å²) in [4.78, 5) is 10.9. The van der Waals surface area contributed by atoms with Gasteiger partial charge < -0.3 is 10.8 Å². The van der Waals surface area contributed by atoms with E-state index in [0.29, 0.717) is 0 Å². The van der Waals surface area contributed by atoms with Crippen molar-refractivity contribution in [2.24, 2.45) is 5.73 Å². The predicted octanol–water partition coefficient (Wildman–Crippen LogP) is 2.18. The first kappa shape index (κ1) is 14.5. The van der Waals surface area contributed by atoms with Gasteiger partial charge in [-0.1, -0.05) is 19.1 Å². The molecule has 0 fully saturated rings. The van der Waals surface area contributed by atoms with Gasteiger partial charge in [0, 0.05) is 0 Å². The highest BCUT2D eigenvalue weighted by molar-refractivity contribution is 5.75. The van der Waals surface area contributed by atoms with Crippen LogP contribution >= 0.6 is 0 Å². The monoisotopic (exact) mass is 261 g/mol. The number of alkyl halides is 3. The number of benzene rings is 1. The minimum absolute atomic E-state index is 0.182. The maximum Gasteiger partial charge on any atom is 0.416 e. The van der Waals surface area contributed by atoms with Crippen LogP contribution in [0.3, 0.4) is 0 Å². The standard InChI is InChI=1S/C12H14F3NO2/c1-2-11(18,7-10(16)17)8-3-5-9(6-4-8)12(13,14)15/h3-6,18H,2,7H2,1H3,(H2,16,17). The third-order valence-electron chi connectivity index (χ3n) is 2.80. The predicted molar refractivity (Wildman–Crippen MR) is 59.4 cm³/mol. The summed E-state index contributed by atoms with van der Waals surface area (Å²) in [5.41, 5.74) is 2.94. The third kappa shape index (κ3) is 3.22. The Morgan fingerprint density at radius 1 is 1.22 bits per heavy atom. The molecule has 1 rings (SSSR count). The Morgan fingerprint density at radius 3 is 2.00 bits per heavy atom. The molecule has 0 saturated heterocycles. The Balaban J connectivity index is 3.06. The molecule has 6 heteroatoms. The number of rotatable bonds is 4. The van der Waals surface area contributed by atoms with Crippen LogP contribution in [0, 0.1) is 0 Å². The number of amides is 1. The average molecular weight is 261 g/mol. The molecular formula is C12H14F3NO2. The zero-order valence-corrected chi connectivity index (χ0v) is 9.79. The Hall–Kier alpha value is -1.56. The van der Waals surface area contributed by atoms with Crippen molar-refractivity contribution >= 4 is 5.91 Å². The molecule has 0 aliphatic carbocycles. The highest BCUT2D eigenvalue weighted by atomic mass is 19.4. The van der Waals surface area contributed by atoms with Crippen LogP contribution in [0.2, 0.25) is 0 Å². The second kappa shape index (κ2) is 4.97. The fraction of sp³-hybridized carbons (Fsp3) is 0.417. The van der Waals surface area contributed by atoms with Crippen molar-refractivity contribution in [2.75, 3.05) is 0 Å². The molecule has 100 valence electrons. The van der Waals surface area contributed by atoms with Gasteiger partial charge in [-0.25, -0.2) is 0 Å². The summed E-state index contributed by atoms with van der Waals surface area (Å²) in [5.74, 6) is -0.709. The number of primary amides is 1. The Kier molecular flexibility index (Phi) is 4.01. The van der Waals surface area contributed by atoms with E-state index in [1.165, 1.54) is 0 Å². The maximum absolute atomic E-state index is 12.4. The molecule has 0 bridgehead atoms. The van der Waals surface area contributed by atoms with Crippen molar-refractivity contribution < 1.29 is 23.1 Å². The van der Waals surface area contributed by atoms with Gasteiger partial charge in [0.1, 0.15) is 0 Å². The lowest BCUT2D eigenvalue weighted by molar-refractivity contribution is -0.137. The summed E-state index contributed by atoms with van der Waals surface area (Å²) in [7, 11) is 0. The smallest absolute Gasteiger partial charge is 0.385 e. The number of aliphatic hydroxyl groups is 1. The number of nitrogens with two attached hydrogens (primary N) is 1. The fourth-order valence-electron chi connectivity index (χ4n) is 1.69. The van der Waals surface area contributed by atoms with Crippen LogP contribution in [0.25, 0.3) is 0 Å². The van der Waals surface area contributed by atoms with E-state index in [9.17, 15) is 23.1 Å². The highest BCUT2D eigenvalue weighted by Gasteiger charge is 2.33. The zero-order valence-electron chi connectivity index (χ0n) is 9.79. The van der Waals surface area contributed by atoms with Crippen molar-refractivity contribution in [2.45, 2.75) is 31.5 Å². The number of carbonyl (C=O) groups excluding carboxylic acids is 1. The van der Waals surface area contributed by atoms with Crippen molar-refractivity contribution in [3.63, 3.8) is 0 Å². The molecular weight excluding hydrogens is 247 g/mol. The molecule has 0 aliphatic rings. The third-order valence-corrected chi connectivity index (χ3v) is 2.80. The molecule has 3 N–H and O–H groups in total. The van der Waals surface area contributed by atoms with E-state index in [-0.39, 0.29) is 18.4 Å². The van der Waals surface area contributed by atoms with Crippen molar-refractivity contribution in [1.29, 1.82) is 0 Å². The van der Waals surface area contributed by atoms with E-state index in [4.69, 9.17) is 5.73 Å². The normalized spacial score (nSPS) is 15.2. The minimum Gasteiger partial charge on any atom is -0.385 e. The van der Waals surface area contributed by atoms with Crippen LogP contribution in [0.4, 0.5) is 13.2 Å². The van der Waals surface area contributed by atoms with Crippen molar-refractivity contribution in [1.82, 2.24) is 0 Å². The quantitative estimate of drug-likeness (QED) is 0.872. The summed E-state index contributed by atoms with van der Waals surface area (Å²) in [6.07, 6.45) is -4.57.